The summed E-state index contributed by atoms with van der Waals surface area (Å²) in [5, 5.41) is 0. The van der Waals surface area contributed by atoms with Crippen LogP contribution in [0.5, 0.6) is 5.88 Å². The monoisotopic (exact) mass is 253 g/mol. The molecule has 0 saturated heterocycles. The van der Waals surface area contributed by atoms with Gasteiger partial charge < -0.3 is 4.74 Å². The first kappa shape index (κ1) is 11.6. The van der Waals surface area contributed by atoms with E-state index in [1.165, 1.54) is 13.3 Å². The van der Waals surface area contributed by atoms with E-state index in [4.69, 9.17) is 4.74 Å². The van der Waals surface area contributed by atoms with E-state index in [1.54, 1.807) is 36.4 Å². The summed E-state index contributed by atoms with van der Waals surface area (Å²) >= 11 is 0. The molecule has 0 unspecified atom stereocenters. The van der Waals surface area contributed by atoms with Crippen LogP contribution in [-0.2, 0) is 0 Å². The van der Waals surface area contributed by atoms with E-state index in [0.717, 1.165) is 0 Å². The summed E-state index contributed by atoms with van der Waals surface area (Å²) < 4.78 is 4.97. The second kappa shape index (κ2) is 4.31. The van der Waals surface area contributed by atoms with E-state index in [0.29, 0.717) is 22.6 Å². The highest BCUT2D eigenvalue weighted by Crippen LogP contribution is 2.33. The van der Waals surface area contributed by atoms with Gasteiger partial charge >= 0.3 is 0 Å². The summed E-state index contributed by atoms with van der Waals surface area (Å²) in [6.45, 7) is 0. The number of Topliss-reactive ketones (excluding diaryl/α,β-unsaturated/α-hetero) is 2. The van der Waals surface area contributed by atoms with Crippen molar-refractivity contribution in [3.8, 4) is 5.88 Å². The number of hydrogen-bond donors (Lipinski definition) is 0. The van der Waals surface area contributed by atoms with Gasteiger partial charge in [0.1, 0.15) is 5.92 Å². The molecule has 0 atom stereocenters. The minimum absolute atomic E-state index is 0.160. The molecule has 1 aromatic heterocycles. The maximum Gasteiger partial charge on any atom is 0.212 e. The quantitative estimate of drug-likeness (QED) is 0.770. The molecule has 19 heavy (non-hydrogen) atoms. The van der Waals surface area contributed by atoms with Gasteiger partial charge in [0.15, 0.2) is 11.6 Å². The van der Waals surface area contributed by atoms with Crippen LogP contribution < -0.4 is 4.74 Å². The van der Waals surface area contributed by atoms with Gasteiger partial charge in [0.25, 0.3) is 0 Å². The molecule has 0 saturated carbocycles. The predicted octanol–water partition coefficient (Wildman–Crippen LogP) is 2.25. The average Bonchev–Trinajstić information content (AvgIpc) is 2.72. The highest BCUT2D eigenvalue weighted by molar-refractivity contribution is 6.29. The van der Waals surface area contributed by atoms with Gasteiger partial charge in [0, 0.05) is 23.4 Å². The van der Waals surface area contributed by atoms with Crippen molar-refractivity contribution >= 4 is 11.6 Å². The van der Waals surface area contributed by atoms with Crippen molar-refractivity contribution < 1.29 is 14.3 Å². The Morgan fingerprint density at radius 3 is 2.11 bits per heavy atom. The Morgan fingerprint density at radius 2 is 1.63 bits per heavy atom. The van der Waals surface area contributed by atoms with Gasteiger partial charge in [0.2, 0.25) is 5.88 Å². The molecule has 2 aromatic rings. The van der Waals surface area contributed by atoms with E-state index in [-0.39, 0.29) is 11.6 Å². The number of benzene rings is 1. The molecule has 1 aliphatic carbocycles. The second-order valence-corrected chi connectivity index (χ2v) is 4.34. The highest BCUT2D eigenvalue weighted by Gasteiger charge is 2.39. The third kappa shape index (κ3) is 1.73. The van der Waals surface area contributed by atoms with Gasteiger partial charge in [-0.25, -0.2) is 4.98 Å². The van der Waals surface area contributed by atoms with Crippen molar-refractivity contribution in [2.75, 3.05) is 7.11 Å². The Labute approximate surface area is 110 Å². The molecule has 94 valence electrons. The lowest BCUT2D eigenvalue weighted by molar-refractivity contribution is 0.0890. The number of ether oxygens (including phenoxy) is 1. The van der Waals surface area contributed by atoms with Crippen LogP contribution in [0.2, 0.25) is 0 Å². The van der Waals surface area contributed by atoms with Crippen molar-refractivity contribution in [3.05, 3.63) is 59.3 Å². The van der Waals surface area contributed by atoms with E-state index < -0.39 is 5.92 Å². The van der Waals surface area contributed by atoms with Gasteiger partial charge in [-0.3, -0.25) is 9.59 Å². The third-order valence-electron chi connectivity index (χ3n) is 3.28. The lowest BCUT2D eigenvalue weighted by Gasteiger charge is -2.07. The fourth-order valence-corrected chi connectivity index (χ4v) is 2.33. The van der Waals surface area contributed by atoms with Crippen LogP contribution in [0.3, 0.4) is 0 Å². The number of carbonyl (C=O) groups is 2. The molecule has 4 heteroatoms. The minimum Gasteiger partial charge on any atom is -0.481 e. The molecule has 0 fully saturated rings. The number of rotatable bonds is 2. The van der Waals surface area contributed by atoms with Crippen LogP contribution in [0, 0.1) is 0 Å². The highest BCUT2D eigenvalue weighted by atomic mass is 16.5. The summed E-state index contributed by atoms with van der Waals surface area (Å²) in [6.07, 6.45) is 1.52. The largest absolute Gasteiger partial charge is 0.481 e. The zero-order valence-corrected chi connectivity index (χ0v) is 10.3. The van der Waals surface area contributed by atoms with Gasteiger partial charge in [-0.2, -0.15) is 0 Å². The van der Waals surface area contributed by atoms with Crippen molar-refractivity contribution in [1.29, 1.82) is 0 Å². The standard InChI is InChI=1S/C15H11NO3/c1-19-12-7-6-9(8-16-12)13-14(17)10-4-2-3-5-11(10)15(13)18/h2-8,13H,1H3. The number of pyridine rings is 1. The molecule has 0 radical (unpaired) electrons. The number of carbonyl (C=O) groups excluding carboxylic acids is 2. The molecular formula is C15H11NO3. The Balaban J connectivity index is 2.03. The smallest absolute Gasteiger partial charge is 0.212 e. The van der Waals surface area contributed by atoms with Crippen LogP contribution in [0.1, 0.15) is 32.2 Å². The molecule has 0 aliphatic heterocycles. The molecule has 4 nitrogen and oxygen atoms in total. The number of methoxy groups -OCH3 is 1. The zero-order valence-electron chi connectivity index (χ0n) is 10.3. The summed E-state index contributed by atoms with van der Waals surface area (Å²) in [4.78, 5) is 28.6. The van der Waals surface area contributed by atoms with Crippen LogP contribution in [0.15, 0.2) is 42.6 Å². The van der Waals surface area contributed by atoms with Gasteiger partial charge in [-0.15, -0.1) is 0 Å². The summed E-state index contributed by atoms with van der Waals surface area (Å²) in [7, 11) is 1.52. The first-order valence-corrected chi connectivity index (χ1v) is 5.90. The second-order valence-electron chi connectivity index (χ2n) is 4.34. The lowest BCUT2D eigenvalue weighted by Crippen LogP contribution is -2.13. The minimum atomic E-state index is -0.768. The number of ketones is 2. The Bertz CT molecular complexity index is 626. The maximum atomic E-state index is 12.3. The number of fused-ring (bicyclic) bond motifs is 1. The molecular weight excluding hydrogens is 242 g/mol. The van der Waals surface area contributed by atoms with Crippen LogP contribution in [0.25, 0.3) is 0 Å². The van der Waals surface area contributed by atoms with Crippen molar-refractivity contribution in [2.24, 2.45) is 0 Å². The van der Waals surface area contributed by atoms with Gasteiger partial charge in [-0.05, 0) is 5.56 Å². The first-order valence-electron chi connectivity index (χ1n) is 5.90. The van der Waals surface area contributed by atoms with Crippen molar-refractivity contribution in [2.45, 2.75) is 5.92 Å². The SMILES string of the molecule is COc1ccc(C2C(=O)c3ccccc3C2=O)cn1. The third-order valence-corrected chi connectivity index (χ3v) is 3.28. The number of aromatic nitrogens is 1. The summed E-state index contributed by atoms with van der Waals surface area (Å²) in [6, 6.07) is 10.3. The molecule has 3 rings (SSSR count). The van der Waals surface area contributed by atoms with Crippen molar-refractivity contribution in [1.82, 2.24) is 4.98 Å². The van der Waals surface area contributed by atoms with Crippen LogP contribution in [-0.4, -0.2) is 23.7 Å². The van der Waals surface area contributed by atoms with E-state index >= 15 is 0 Å². The van der Waals surface area contributed by atoms with Crippen LogP contribution in [0.4, 0.5) is 0 Å². The first-order chi connectivity index (χ1) is 9.22. The van der Waals surface area contributed by atoms with Crippen molar-refractivity contribution in [3.63, 3.8) is 0 Å². The molecule has 1 aliphatic rings. The Kier molecular flexibility index (Phi) is 2.63. The molecule has 0 N–H and O–H groups in total. The zero-order chi connectivity index (χ0) is 13.4. The lowest BCUT2D eigenvalue weighted by atomic mass is 9.96. The van der Waals surface area contributed by atoms with E-state index in [2.05, 4.69) is 4.98 Å². The average molecular weight is 253 g/mol. The van der Waals surface area contributed by atoms with Crippen LogP contribution >= 0.6 is 0 Å². The molecule has 1 aromatic carbocycles. The number of hydrogen-bond acceptors (Lipinski definition) is 4. The number of nitrogens with zero attached hydrogens (tertiary/aromatic N) is 1. The molecule has 0 amide bonds. The van der Waals surface area contributed by atoms with E-state index in [1.807, 2.05) is 0 Å². The maximum absolute atomic E-state index is 12.3. The van der Waals surface area contributed by atoms with E-state index in [9.17, 15) is 9.59 Å². The van der Waals surface area contributed by atoms with Gasteiger partial charge in [0.05, 0.1) is 7.11 Å². The Hall–Kier alpha value is -2.49. The fraction of sp³-hybridized carbons (Fsp3) is 0.133. The Morgan fingerprint density at radius 1 is 1.00 bits per heavy atom. The normalized spacial score (nSPS) is 14.6. The molecule has 0 bridgehead atoms. The topological polar surface area (TPSA) is 56.3 Å². The predicted molar refractivity (Wildman–Crippen MR) is 68.6 cm³/mol. The molecule has 0 spiro atoms. The summed E-state index contributed by atoms with van der Waals surface area (Å²) in [5.41, 5.74) is 1.59. The molecule has 1 heterocycles. The van der Waals surface area contributed by atoms with Gasteiger partial charge in [-0.1, -0.05) is 30.3 Å². The summed E-state index contributed by atoms with van der Waals surface area (Å²) in [5.74, 6) is -0.630. The fourth-order valence-electron chi connectivity index (χ4n) is 2.33.